The van der Waals surface area contributed by atoms with Crippen molar-refractivity contribution in [2.24, 2.45) is 0 Å². The number of amides is 1. The minimum atomic E-state index is -4.59. The maximum Gasteiger partial charge on any atom is 0.417 e. The van der Waals surface area contributed by atoms with E-state index in [1.165, 1.54) is 16.5 Å². The molecule has 0 fully saturated rings. The standard InChI is InChI=1S/C20H29F3N6O2Si/c1-8-14-13(2)24-16(11-15(14)20(21,22)23)25-19-26-17(18(30)28(3)4)27-29(19)12-31-9-10-32(5,6)7/h8,11H,1,9-10,12H2,2-7H3,(H,24,25,26,27). The maximum atomic E-state index is 13.5. The van der Waals surface area contributed by atoms with Crippen molar-refractivity contribution in [2.45, 2.75) is 45.5 Å². The van der Waals surface area contributed by atoms with E-state index in [0.717, 1.165) is 18.2 Å². The van der Waals surface area contributed by atoms with Gasteiger partial charge in [0, 0.05) is 40.0 Å². The molecule has 0 saturated carbocycles. The Morgan fingerprint density at radius 3 is 2.50 bits per heavy atom. The first-order valence-corrected chi connectivity index (χ1v) is 13.7. The first kappa shape index (κ1) is 25.5. The molecule has 12 heteroatoms. The quantitative estimate of drug-likeness (QED) is 0.432. The number of aromatic nitrogens is 4. The molecule has 0 atom stereocenters. The molecule has 8 nitrogen and oxygen atoms in total. The zero-order valence-corrected chi connectivity index (χ0v) is 20.2. The van der Waals surface area contributed by atoms with Gasteiger partial charge in [0.2, 0.25) is 11.8 Å². The van der Waals surface area contributed by atoms with Gasteiger partial charge in [0.1, 0.15) is 12.5 Å². The molecule has 0 saturated heterocycles. The third-order valence-electron chi connectivity index (χ3n) is 4.48. The molecule has 0 aliphatic carbocycles. The average Bonchev–Trinajstić information content (AvgIpc) is 3.05. The van der Waals surface area contributed by atoms with Crippen molar-refractivity contribution in [3.05, 3.63) is 35.3 Å². The van der Waals surface area contributed by atoms with Crippen molar-refractivity contribution in [1.29, 1.82) is 0 Å². The van der Waals surface area contributed by atoms with Gasteiger partial charge in [0.25, 0.3) is 5.91 Å². The van der Waals surface area contributed by atoms with Crippen molar-refractivity contribution >= 4 is 31.8 Å². The van der Waals surface area contributed by atoms with Crippen LogP contribution < -0.4 is 5.32 Å². The average molecular weight is 471 g/mol. The van der Waals surface area contributed by atoms with Crippen LogP contribution in [0.2, 0.25) is 25.7 Å². The van der Waals surface area contributed by atoms with Gasteiger partial charge in [0.05, 0.1) is 5.56 Å². The second-order valence-electron chi connectivity index (χ2n) is 8.69. The van der Waals surface area contributed by atoms with Gasteiger partial charge < -0.3 is 15.0 Å². The molecule has 0 aliphatic rings. The minimum Gasteiger partial charge on any atom is -0.359 e. The first-order valence-electron chi connectivity index (χ1n) is 9.95. The fourth-order valence-electron chi connectivity index (χ4n) is 2.70. The molecule has 0 bridgehead atoms. The van der Waals surface area contributed by atoms with Gasteiger partial charge in [-0.1, -0.05) is 32.3 Å². The number of nitrogens with zero attached hydrogens (tertiary/aromatic N) is 5. The summed E-state index contributed by atoms with van der Waals surface area (Å²) in [6.45, 7) is 12.0. The summed E-state index contributed by atoms with van der Waals surface area (Å²) in [4.78, 5) is 21.9. The van der Waals surface area contributed by atoms with E-state index in [1.54, 1.807) is 14.1 Å². The number of carbonyl (C=O) groups excluding carboxylic acids is 1. The highest BCUT2D eigenvalue weighted by Crippen LogP contribution is 2.35. The first-order chi connectivity index (χ1) is 14.7. The van der Waals surface area contributed by atoms with E-state index in [-0.39, 0.29) is 35.6 Å². The lowest BCUT2D eigenvalue weighted by Crippen LogP contribution is -2.23. The molecule has 0 spiro atoms. The lowest BCUT2D eigenvalue weighted by Gasteiger charge is -2.16. The number of halogens is 3. The zero-order chi connectivity index (χ0) is 24.3. The molecule has 0 radical (unpaired) electrons. The topological polar surface area (TPSA) is 85.2 Å². The number of pyridine rings is 1. The second-order valence-corrected chi connectivity index (χ2v) is 14.3. The van der Waals surface area contributed by atoms with Gasteiger partial charge in [-0.3, -0.25) is 4.79 Å². The van der Waals surface area contributed by atoms with Crippen LogP contribution in [-0.2, 0) is 17.6 Å². The van der Waals surface area contributed by atoms with Gasteiger partial charge >= 0.3 is 6.18 Å². The van der Waals surface area contributed by atoms with Gasteiger partial charge in [-0.25, -0.2) is 9.67 Å². The van der Waals surface area contributed by atoms with Crippen LogP contribution in [0.4, 0.5) is 24.9 Å². The summed E-state index contributed by atoms with van der Waals surface area (Å²) in [5.74, 6) is -0.590. The number of nitrogens with one attached hydrogen (secondary N) is 1. The Morgan fingerprint density at radius 1 is 1.31 bits per heavy atom. The summed E-state index contributed by atoms with van der Waals surface area (Å²) in [6, 6.07) is 1.80. The normalized spacial score (nSPS) is 12.0. The van der Waals surface area contributed by atoms with Crippen molar-refractivity contribution in [3.8, 4) is 0 Å². The van der Waals surface area contributed by atoms with Gasteiger partial charge in [-0.2, -0.15) is 18.2 Å². The molecule has 0 aliphatic heterocycles. The van der Waals surface area contributed by atoms with Crippen molar-refractivity contribution in [1.82, 2.24) is 24.6 Å². The van der Waals surface area contributed by atoms with Crippen LogP contribution in [0.3, 0.4) is 0 Å². The Hall–Kier alpha value is -2.73. The smallest absolute Gasteiger partial charge is 0.359 e. The molecular formula is C20H29F3N6O2Si. The van der Waals surface area contributed by atoms with E-state index < -0.39 is 25.7 Å². The van der Waals surface area contributed by atoms with Crippen molar-refractivity contribution in [2.75, 3.05) is 26.0 Å². The zero-order valence-electron chi connectivity index (χ0n) is 19.2. The molecule has 2 aromatic rings. The fraction of sp³-hybridized carbons (Fsp3) is 0.500. The van der Waals surface area contributed by atoms with Crippen LogP contribution >= 0.6 is 0 Å². The maximum absolute atomic E-state index is 13.5. The van der Waals surface area contributed by atoms with E-state index >= 15 is 0 Å². The molecule has 0 aromatic carbocycles. The predicted octanol–water partition coefficient (Wildman–Crippen LogP) is 4.40. The molecule has 2 heterocycles. The summed E-state index contributed by atoms with van der Waals surface area (Å²) >= 11 is 0. The van der Waals surface area contributed by atoms with E-state index in [1.807, 2.05) is 0 Å². The van der Waals surface area contributed by atoms with E-state index in [0.29, 0.717) is 6.61 Å². The van der Waals surface area contributed by atoms with Crippen LogP contribution in [0.1, 0.15) is 27.4 Å². The molecule has 2 rings (SSSR count). The Bertz CT molecular complexity index is 983. The van der Waals surface area contributed by atoms with Crippen LogP contribution in [0, 0.1) is 6.92 Å². The molecule has 32 heavy (non-hydrogen) atoms. The summed E-state index contributed by atoms with van der Waals surface area (Å²) in [7, 11) is 1.79. The third kappa shape index (κ3) is 6.63. The molecule has 176 valence electrons. The Morgan fingerprint density at radius 2 is 1.97 bits per heavy atom. The van der Waals surface area contributed by atoms with Crippen molar-refractivity contribution in [3.63, 3.8) is 0 Å². The largest absolute Gasteiger partial charge is 0.417 e. The molecular weight excluding hydrogens is 441 g/mol. The molecule has 2 aromatic heterocycles. The third-order valence-corrected chi connectivity index (χ3v) is 6.18. The summed E-state index contributed by atoms with van der Waals surface area (Å²) in [5, 5.41) is 6.91. The highest BCUT2D eigenvalue weighted by molar-refractivity contribution is 6.76. The van der Waals surface area contributed by atoms with Crippen LogP contribution in [0.25, 0.3) is 6.08 Å². The van der Waals surface area contributed by atoms with E-state index in [2.05, 4.69) is 46.6 Å². The van der Waals surface area contributed by atoms with Crippen LogP contribution in [-0.4, -0.2) is 59.3 Å². The molecule has 1 amide bonds. The predicted molar refractivity (Wildman–Crippen MR) is 119 cm³/mol. The summed E-state index contributed by atoms with van der Waals surface area (Å²) in [6.07, 6.45) is -3.47. The number of aryl methyl sites for hydroxylation is 1. The second kappa shape index (κ2) is 9.82. The summed E-state index contributed by atoms with van der Waals surface area (Å²) < 4.78 is 47.5. The highest BCUT2D eigenvalue weighted by atomic mass is 28.3. The van der Waals surface area contributed by atoms with E-state index in [4.69, 9.17) is 4.74 Å². The van der Waals surface area contributed by atoms with Crippen molar-refractivity contribution < 1.29 is 22.7 Å². The fourth-order valence-corrected chi connectivity index (χ4v) is 3.45. The SMILES string of the molecule is C=Cc1c(C(F)(F)F)cc(Nc2nc(C(=O)N(C)C)nn2COCC[Si](C)(C)C)nc1C. The van der Waals surface area contributed by atoms with Gasteiger partial charge in [0.15, 0.2) is 0 Å². The Kier molecular flexibility index (Phi) is 7.83. The van der Waals surface area contributed by atoms with Crippen LogP contribution in [0.15, 0.2) is 12.6 Å². The minimum absolute atomic E-state index is 0.0175. The molecule has 1 N–H and O–H groups in total. The lowest BCUT2D eigenvalue weighted by molar-refractivity contribution is -0.137. The van der Waals surface area contributed by atoms with Gasteiger partial charge in [-0.15, -0.1) is 5.10 Å². The van der Waals surface area contributed by atoms with Gasteiger partial charge in [-0.05, 0) is 19.0 Å². The Labute approximate surface area is 186 Å². The highest BCUT2D eigenvalue weighted by Gasteiger charge is 2.34. The van der Waals surface area contributed by atoms with E-state index in [9.17, 15) is 18.0 Å². The number of carbonyl (C=O) groups is 1. The number of hydrogen-bond donors (Lipinski definition) is 1. The number of hydrogen-bond acceptors (Lipinski definition) is 6. The lowest BCUT2D eigenvalue weighted by atomic mass is 10.1. The summed E-state index contributed by atoms with van der Waals surface area (Å²) in [5.41, 5.74) is -0.813. The van der Waals surface area contributed by atoms with Crippen LogP contribution in [0.5, 0.6) is 0 Å². The number of rotatable bonds is 9. The number of alkyl halides is 3. The number of anilines is 2. The monoisotopic (exact) mass is 470 g/mol. The Balaban J connectivity index is 2.37. The molecule has 0 unspecified atom stereocenters. The number of ether oxygens (including phenoxy) is 1.